The van der Waals surface area contributed by atoms with Gasteiger partial charge < -0.3 is 15.7 Å². The van der Waals surface area contributed by atoms with E-state index in [4.69, 9.17) is 0 Å². The Morgan fingerprint density at radius 2 is 1.86 bits per heavy atom. The van der Waals surface area contributed by atoms with Gasteiger partial charge in [0.25, 0.3) is 0 Å². The van der Waals surface area contributed by atoms with E-state index in [1.165, 1.54) is 0 Å². The van der Waals surface area contributed by atoms with E-state index < -0.39 is 16.9 Å². The van der Waals surface area contributed by atoms with Crippen LogP contribution in [0, 0.1) is 5.41 Å². The third-order valence-corrected chi connectivity index (χ3v) is 4.68. The van der Waals surface area contributed by atoms with E-state index in [0.717, 1.165) is 11.3 Å². The molecule has 1 unspecified atom stereocenters. The van der Waals surface area contributed by atoms with Gasteiger partial charge in [-0.3, -0.25) is 9.59 Å². The van der Waals surface area contributed by atoms with E-state index in [0.29, 0.717) is 6.54 Å². The summed E-state index contributed by atoms with van der Waals surface area (Å²) in [4.78, 5) is 24.0. The molecule has 5 heteroatoms. The maximum atomic E-state index is 12.5. The van der Waals surface area contributed by atoms with Crippen LogP contribution in [-0.2, 0) is 9.59 Å². The Balaban J connectivity index is 2.18. The van der Waals surface area contributed by atoms with Crippen molar-refractivity contribution in [1.29, 1.82) is 0 Å². The van der Waals surface area contributed by atoms with Crippen LogP contribution in [0.5, 0.6) is 0 Å². The lowest BCUT2D eigenvalue weighted by Gasteiger charge is -2.39. The van der Waals surface area contributed by atoms with E-state index in [-0.39, 0.29) is 11.8 Å². The molecule has 0 saturated heterocycles. The number of carbonyl (C=O) groups excluding carboxylic acids is 1. The number of fused-ring (bicyclic) bond motifs is 1. The number of carboxylic acids is 1. The van der Waals surface area contributed by atoms with Crippen LogP contribution in [0.3, 0.4) is 0 Å². The monoisotopic (exact) mass is 290 g/mol. The second-order valence-corrected chi connectivity index (χ2v) is 6.57. The zero-order valence-corrected chi connectivity index (χ0v) is 12.9. The van der Waals surface area contributed by atoms with Crippen molar-refractivity contribution in [2.45, 2.75) is 39.2 Å². The number of para-hydroxylation sites is 1. The van der Waals surface area contributed by atoms with Gasteiger partial charge in [0.2, 0.25) is 5.91 Å². The quantitative estimate of drug-likeness (QED) is 0.794. The molecule has 1 aliphatic heterocycles. The summed E-state index contributed by atoms with van der Waals surface area (Å²) in [5.74, 6) is -1.37. The normalized spacial score (nSPS) is 17.8. The molecule has 21 heavy (non-hydrogen) atoms. The van der Waals surface area contributed by atoms with Gasteiger partial charge in [0, 0.05) is 17.8 Å². The van der Waals surface area contributed by atoms with E-state index in [2.05, 4.69) is 10.6 Å². The van der Waals surface area contributed by atoms with E-state index in [1.54, 1.807) is 27.7 Å². The van der Waals surface area contributed by atoms with Crippen molar-refractivity contribution in [3.05, 3.63) is 29.8 Å². The van der Waals surface area contributed by atoms with Crippen LogP contribution in [0.2, 0.25) is 0 Å². The summed E-state index contributed by atoms with van der Waals surface area (Å²) in [6.45, 7) is 7.27. The lowest BCUT2D eigenvalue weighted by molar-refractivity contribution is -0.151. The lowest BCUT2D eigenvalue weighted by atomic mass is 9.74. The number of anilines is 1. The minimum absolute atomic E-state index is 0.147. The number of hydrogen-bond donors (Lipinski definition) is 3. The maximum absolute atomic E-state index is 12.5. The van der Waals surface area contributed by atoms with Gasteiger partial charge in [-0.2, -0.15) is 0 Å². The fourth-order valence-corrected chi connectivity index (χ4v) is 2.34. The fourth-order valence-electron chi connectivity index (χ4n) is 2.34. The number of aliphatic carboxylic acids is 1. The Morgan fingerprint density at radius 1 is 1.24 bits per heavy atom. The highest BCUT2D eigenvalue weighted by Gasteiger charge is 2.45. The SMILES string of the molecule is CC(C)(NC(=O)C1CNc2ccccc21)C(C)(C)C(=O)O. The van der Waals surface area contributed by atoms with Crippen molar-refractivity contribution in [1.82, 2.24) is 5.32 Å². The van der Waals surface area contributed by atoms with Crippen molar-refractivity contribution in [3.63, 3.8) is 0 Å². The summed E-state index contributed by atoms with van der Waals surface area (Å²) in [6, 6.07) is 7.69. The minimum Gasteiger partial charge on any atom is -0.481 e. The van der Waals surface area contributed by atoms with Crippen LogP contribution < -0.4 is 10.6 Å². The second-order valence-electron chi connectivity index (χ2n) is 6.57. The van der Waals surface area contributed by atoms with Gasteiger partial charge in [0.15, 0.2) is 0 Å². The Hall–Kier alpha value is -2.04. The molecule has 114 valence electrons. The van der Waals surface area contributed by atoms with Gasteiger partial charge in [-0.25, -0.2) is 0 Å². The average Bonchev–Trinajstić information content (AvgIpc) is 2.81. The third-order valence-electron chi connectivity index (χ3n) is 4.68. The molecule has 0 spiro atoms. The van der Waals surface area contributed by atoms with Crippen LogP contribution in [0.4, 0.5) is 5.69 Å². The number of hydrogen-bond acceptors (Lipinski definition) is 3. The number of carbonyl (C=O) groups is 2. The highest BCUT2D eigenvalue weighted by molar-refractivity contribution is 5.89. The van der Waals surface area contributed by atoms with Crippen molar-refractivity contribution < 1.29 is 14.7 Å². The summed E-state index contributed by atoms with van der Waals surface area (Å²) in [5, 5.41) is 15.5. The highest BCUT2D eigenvalue weighted by Crippen LogP contribution is 2.34. The predicted molar refractivity (Wildman–Crippen MR) is 81.3 cm³/mol. The molecule has 0 radical (unpaired) electrons. The third kappa shape index (κ3) is 2.60. The number of benzene rings is 1. The maximum Gasteiger partial charge on any atom is 0.311 e. The predicted octanol–water partition coefficient (Wildman–Crippen LogP) is 2.20. The molecular weight excluding hydrogens is 268 g/mol. The Bertz CT molecular complexity index is 579. The topological polar surface area (TPSA) is 78.4 Å². The van der Waals surface area contributed by atoms with Crippen molar-refractivity contribution in [2.24, 2.45) is 5.41 Å². The number of rotatable bonds is 4. The first kappa shape index (κ1) is 15.4. The van der Waals surface area contributed by atoms with Crippen LogP contribution >= 0.6 is 0 Å². The summed E-state index contributed by atoms with van der Waals surface area (Å²) in [7, 11) is 0. The van der Waals surface area contributed by atoms with Crippen molar-refractivity contribution in [3.8, 4) is 0 Å². The van der Waals surface area contributed by atoms with Gasteiger partial charge in [-0.1, -0.05) is 18.2 Å². The molecule has 1 heterocycles. The molecule has 1 aliphatic rings. The molecule has 5 nitrogen and oxygen atoms in total. The molecule has 0 bridgehead atoms. The van der Waals surface area contributed by atoms with E-state index in [1.807, 2.05) is 24.3 Å². The molecule has 0 fully saturated rings. The molecule has 1 atom stereocenters. The minimum atomic E-state index is -1.06. The second kappa shape index (κ2) is 5.06. The summed E-state index contributed by atoms with van der Waals surface area (Å²) in [5.41, 5.74) is 0.00802. The molecule has 0 saturated carbocycles. The molecule has 3 N–H and O–H groups in total. The zero-order chi connectivity index (χ0) is 15.8. The number of amides is 1. The number of carboxylic acid groups (broad SMARTS) is 1. The Morgan fingerprint density at radius 3 is 2.48 bits per heavy atom. The lowest BCUT2D eigenvalue weighted by Crippen LogP contribution is -2.57. The van der Waals surface area contributed by atoms with E-state index >= 15 is 0 Å². The summed E-state index contributed by atoms with van der Waals surface area (Å²) in [6.07, 6.45) is 0. The first-order valence-corrected chi connectivity index (χ1v) is 7.05. The van der Waals surface area contributed by atoms with Crippen molar-refractivity contribution in [2.75, 3.05) is 11.9 Å². The van der Waals surface area contributed by atoms with Gasteiger partial charge in [-0.05, 0) is 39.3 Å². The van der Waals surface area contributed by atoms with Gasteiger partial charge >= 0.3 is 5.97 Å². The molecule has 1 aromatic rings. The fraction of sp³-hybridized carbons (Fsp3) is 0.500. The average molecular weight is 290 g/mol. The first-order chi connectivity index (χ1) is 9.67. The summed E-state index contributed by atoms with van der Waals surface area (Å²) >= 11 is 0. The summed E-state index contributed by atoms with van der Waals surface area (Å²) < 4.78 is 0. The highest BCUT2D eigenvalue weighted by atomic mass is 16.4. The van der Waals surface area contributed by atoms with Crippen LogP contribution in [0.15, 0.2) is 24.3 Å². The van der Waals surface area contributed by atoms with Crippen LogP contribution in [0.1, 0.15) is 39.2 Å². The largest absolute Gasteiger partial charge is 0.481 e. The van der Waals surface area contributed by atoms with Gasteiger partial charge in [0.05, 0.1) is 11.3 Å². The Labute approximate surface area is 124 Å². The zero-order valence-electron chi connectivity index (χ0n) is 12.9. The van der Waals surface area contributed by atoms with Crippen LogP contribution in [-0.4, -0.2) is 29.1 Å². The standard InChI is InChI=1S/C16H22N2O3/c1-15(2,14(20)21)16(3,4)18-13(19)11-9-17-12-8-6-5-7-10(11)12/h5-8,11,17H,9H2,1-4H3,(H,18,19)(H,20,21). The number of nitrogens with one attached hydrogen (secondary N) is 2. The van der Waals surface area contributed by atoms with E-state index in [9.17, 15) is 14.7 Å². The Kier molecular flexibility index (Phi) is 3.70. The van der Waals surface area contributed by atoms with Gasteiger partial charge in [0.1, 0.15) is 0 Å². The molecule has 0 aromatic heterocycles. The molecular formula is C16H22N2O3. The molecule has 0 aliphatic carbocycles. The smallest absolute Gasteiger partial charge is 0.311 e. The first-order valence-electron chi connectivity index (χ1n) is 7.05. The molecule has 1 aromatic carbocycles. The molecule has 2 rings (SSSR count). The van der Waals surface area contributed by atoms with Crippen molar-refractivity contribution >= 4 is 17.6 Å². The van der Waals surface area contributed by atoms with Gasteiger partial charge in [-0.15, -0.1) is 0 Å². The van der Waals surface area contributed by atoms with Crippen LogP contribution in [0.25, 0.3) is 0 Å². The molecule has 1 amide bonds.